The zero-order chi connectivity index (χ0) is 13.3. The highest BCUT2D eigenvalue weighted by Gasteiger charge is 2.29. The van der Waals surface area contributed by atoms with Gasteiger partial charge in [0, 0.05) is 6.07 Å². The summed E-state index contributed by atoms with van der Waals surface area (Å²) in [5.41, 5.74) is 2.24. The average Bonchev–Trinajstić information content (AvgIpc) is 2.60. The maximum absolute atomic E-state index is 11.8. The lowest BCUT2D eigenvalue weighted by Crippen LogP contribution is -2.45. The minimum atomic E-state index is -0.675. The van der Waals surface area contributed by atoms with Gasteiger partial charge in [-0.15, -0.1) is 0 Å². The second kappa shape index (κ2) is 4.83. The summed E-state index contributed by atoms with van der Waals surface area (Å²) in [5.74, 6) is -1.35. The van der Waals surface area contributed by atoms with Crippen molar-refractivity contribution < 1.29 is 19.8 Å². The van der Waals surface area contributed by atoms with Gasteiger partial charge in [0.1, 0.15) is 11.5 Å². The number of carbonyl (C=O) groups is 2. The van der Waals surface area contributed by atoms with Crippen LogP contribution in [0.3, 0.4) is 0 Å². The fourth-order valence-corrected chi connectivity index (χ4v) is 2.31. The Labute approximate surface area is 112 Å². The lowest BCUT2D eigenvalue weighted by atomic mass is 10.2. The molecular weight excluding hydrogens is 276 g/mol. The van der Waals surface area contributed by atoms with Crippen LogP contribution in [0.25, 0.3) is 0 Å². The molecule has 0 saturated carbocycles. The predicted octanol–water partition coefficient (Wildman–Crippen LogP) is 0.603. The van der Waals surface area contributed by atoms with Crippen molar-refractivity contribution in [2.45, 2.75) is 0 Å². The number of aromatic hydroxyl groups is 2. The molecule has 0 aromatic heterocycles. The van der Waals surface area contributed by atoms with Gasteiger partial charge in [-0.2, -0.15) is 0 Å². The van der Waals surface area contributed by atoms with Gasteiger partial charge in [0.25, 0.3) is 11.8 Å². The topological polar surface area (TPSA) is 89.9 Å². The standard InChI is InChI=1S/C10H8N2O4S2/c13-5-1-2-6(7(14)3-5)9(16)11-12-8(15)4-18-10(12)17/h1-3,13-14H,4H2,(H,11,16). The van der Waals surface area contributed by atoms with Crippen molar-refractivity contribution in [3.8, 4) is 11.5 Å². The third kappa shape index (κ3) is 2.39. The minimum Gasteiger partial charge on any atom is -0.508 e. The van der Waals surface area contributed by atoms with Crippen LogP contribution in [0, 0.1) is 0 Å². The second-order valence-electron chi connectivity index (χ2n) is 3.43. The van der Waals surface area contributed by atoms with E-state index in [1.165, 1.54) is 12.1 Å². The summed E-state index contributed by atoms with van der Waals surface area (Å²) >= 11 is 6.04. The van der Waals surface area contributed by atoms with Crippen molar-refractivity contribution in [1.82, 2.24) is 10.4 Å². The van der Waals surface area contributed by atoms with Gasteiger partial charge in [-0.25, -0.2) is 5.01 Å². The molecule has 1 heterocycles. The number of thiocarbonyl (C=S) groups is 1. The molecule has 1 aliphatic heterocycles. The highest BCUT2D eigenvalue weighted by Crippen LogP contribution is 2.23. The maximum atomic E-state index is 11.8. The Morgan fingerprint density at radius 2 is 2.17 bits per heavy atom. The fourth-order valence-electron chi connectivity index (χ4n) is 1.34. The van der Waals surface area contributed by atoms with Crippen LogP contribution in [0.1, 0.15) is 10.4 Å². The second-order valence-corrected chi connectivity index (χ2v) is 5.04. The van der Waals surface area contributed by atoms with Crippen molar-refractivity contribution in [2.75, 3.05) is 5.75 Å². The lowest BCUT2D eigenvalue weighted by Gasteiger charge is -2.16. The molecule has 1 aromatic rings. The van der Waals surface area contributed by atoms with Gasteiger partial charge >= 0.3 is 0 Å². The van der Waals surface area contributed by atoms with Crippen molar-refractivity contribution in [1.29, 1.82) is 0 Å². The van der Waals surface area contributed by atoms with Crippen LogP contribution in [0.4, 0.5) is 0 Å². The van der Waals surface area contributed by atoms with Crippen molar-refractivity contribution in [2.24, 2.45) is 0 Å². The van der Waals surface area contributed by atoms with Gasteiger partial charge in [-0.3, -0.25) is 15.0 Å². The number of hydrazine groups is 1. The Morgan fingerprint density at radius 3 is 2.72 bits per heavy atom. The predicted molar refractivity (Wildman–Crippen MR) is 69.1 cm³/mol. The Morgan fingerprint density at radius 1 is 1.44 bits per heavy atom. The van der Waals surface area contributed by atoms with Gasteiger partial charge in [0.2, 0.25) is 0 Å². The van der Waals surface area contributed by atoms with Gasteiger partial charge < -0.3 is 10.2 Å². The number of nitrogens with zero attached hydrogens (tertiary/aromatic N) is 1. The first-order valence-corrected chi connectivity index (χ1v) is 6.21. The number of phenolic OH excluding ortho intramolecular Hbond substituents is 2. The monoisotopic (exact) mass is 284 g/mol. The summed E-state index contributed by atoms with van der Waals surface area (Å²) in [6.45, 7) is 0. The lowest BCUT2D eigenvalue weighted by molar-refractivity contribution is -0.125. The molecule has 0 atom stereocenters. The van der Waals surface area contributed by atoms with Crippen LogP contribution >= 0.6 is 24.0 Å². The molecule has 0 bridgehead atoms. The Hall–Kier alpha value is -1.80. The number of benzene rings is 1. The van der Waals surface area contributed by atoms with E-state index >= 15 is 0 Å². The van der Waals surface area contributed by atoms with E-state index in [2.05, 4.69) is 5.43 Å². The third-order valence-corrected chi connectivity index (χ3v) is 3.55. The van der Waals surface area contributed by atoms with Crippen molar-refractivity contribution >= 4 is 40.1 Å². The van der Waals surface area contributed by atoms with E-state index in [1.807, 2.05) is 0 Å². The molecule has 1 aromatic carbocycles. The van der Waals surface area contributed by atoms with Crippen LogP contribution in [0.5, 0.6) is 11.5 Å². The minimum absolute atomic E-state index is 0.0553. The quantitative estimate of drug-likeness (QED) is 0.689. The van der Waals surface area contributed by atoms with E-state index in [-0.39, 0.29) is 33.0 Å². The number of phenols is 2. The summed E-state index contributed by atoms with van der Waals surface area (Å²) in [6, 6.07) is 3.54. The zero-order valence-electron chi connectivity index (χ0n) is 8.91. The number of thioether (sulfide) groups is 1. The van der Waals surface area contributed by atoms with E-state index in [0.29, 0.717) is 0 Å². The Kier molecular flexibility index (Phi) is 3.39. The molecule has 0 unspecified atom stereocenters. The molecule has 94 valence electrons. The first kappa shape index (κ1) is 12.7. The molecular formula is C10H8N2O4S2. The van der Waals surface area contributed by atoms with Gasteiger partial charge in [-0.1, -0.05) is 24.0 Å². The number of amides is 2. The van der Waals surface area contributed by atoms with Gasteiger partial charge in [0.15, 0.2) is 4.32 Å². The number of nitrogens with one attached hydrogen (secondary N) is 1. The molecule has 3 N–H and O–H groups in total. The zero-order valence-corrected chi connectivity index (χ0v) is 10.5. The normalized spacial score (nSPS) is 15.0. The molecule has 6 nitrogen and oxygen atoms in total. The van der Waals surface area contributed by atoms with Crippen molar-refractivity contribution in [3.63, 3.8) is 0 Å². The maximum Gasteiger partial charge on any atom is 0.273 e. The molecule has 2 rings (SSSR count). The van der Waals surface area contributed by atoms with E-state index in [9.17, 15) is 14.7 Å². The summed E-state index contributed by atoms with van der Waals surface area (Å²) in [4.78, 5) is 23.2. The smallest absolute Gasteiger partial charge is 0.273 e. The highest BCUT2D eigenvalue weighted by molar-refractivity contribution is 8.23. The number of hydrogen-bond acceptors (Lipinski definition) is 6. The SMILES string of the molecule is O=C(NN1C(=O)CSC1=S)c1ccc(O)cc1O. The van der Waals surface area contributed by atoms with Crippen LogP contribution < -0.4 is 5.43 Å². The number of rotatable bonds is 2. The van der Waals surface area contributed by atoms with Crippen LogP contribution in [-0.4, -0.2) is 37.1 Å². The molecule has 0 radical (unpaired) electrons. The van der Waals surface area contributed by atoms with Crippen LogP contribution in [0.15, 0.2) is 18.2 Å². The molecule has 1 fully saturated rings. The number of hydrogen-bond donors (Lipinski definition) is 3. The first-order chi connectivity index (χ1) is 8.49. The Bertz CT molecular complexity index is 531. The molecule has 1 saturated heterocycles. The number of carbonyl (C=O) groups excluding carboxylic acids is 2. The van der Waals surface area contributed by atoms with Crippen molar-refractivity contribution in [3.05, 3.63) is 23.8 Å². The van der Waals surface area contributed by atoms with Crippen LogP contribution in [-0.2, 0) is 4.79 Å². The van der Waals surface area contributed by atoms with E-state index in [1.54, 1.807) is 0 Å². The first-order valence-electron chi connectivity index (χ1n) is 4.81. The summed E-state index contributed by atoms with van der Waals surface area (Å²) in [5, 5.41) is 19.6. The highest BCUT2D eigenvalue weighted by atomic mass is 32.2. The van der Waals surface area contributed by atoms with E-state index in [4.69, 9.17) is 17.3 Å². The molecule has 0 spiro atoms. The van der Waals surface area contributed by atoms with Gasteiger partial charge in [0.05, 0.1) is 11.3 Å². The fraction of sp³-hybridized carbons (Fsp3) is 0.100. The third-order valence-electron chi connectivity index (χ3n) is 2.19. The van der Waals surface area contributed by atoms with E-state index < -0.39 is 5.91 Å². The summed E-state index contributed by atoms with van der Waals surface area (Å²) in [6.07, 6.45) is 0. The largest absolute Gasteiger partial charge is 0.508 e. The molecule has 2 amide bonds. The molecule has 18 heavy (non-hydrogen) atoms. The van der Waals surface area contributed by atoms with E-state index in [0.717, 1.165) is 22.8 Å². The molecule has 8 heteroatoms. The summed E-state index contributed by atoms with van der Waals surface area (Å²) in [7, 11) is 0. The van der Waals surface area contributed by atoms with Crippen LogP contribution in [0.2, 0.25) is 0 Å². The summed E-state index contributed by atoms with van der Waals surface area (Å²) < 4.78 is 0.256. The Balaban J connectivity index is 2.17. The molecule has 0 aliphatic carbocycles. The molecule has 1 aliphatic rings. The van der Waals surface area contributed by atoms with Gasteiger partial charge in [-0.05, 0) is 12.1 Å². The average molecular weight is 284 g/mol.